The average Bonchev–Trinajstić information content (AvgIpc) is 2.24. The molecule has 0 aliphatic rings. The summed E-state index contributed by atoms with van der Waals surface area (Å²) in [4.78, 5) is 4.49. The number of rotatable bonds is 4. The summed E-state index contributed by atoms with van der Waals surface area (Å²) in [6, 6.07) is 1.84. The highest BCUT2D eigenvalue weighted by atomic mass is 32.1. The number of nitrogens with two attached hydrogens (primary N) is 1. The lowest BCUT2D eigenvalue weighted by Gasteiger charge is -2.28. The van der Waals surface area contributed by atoms with Gasteiger partial charge in [0, 0.05) is 18.3 Å². The van der Waals surface area contributed by atoms with Gasteiger partial charge in [0.1, 0.15) is 4.99 Å². The minimum absolute atomic E-state index is 0.276. The van der Waals surface area contributed by atoms with Crippen LogP contribution in [0.4, 0.5) is 5.69 Å². The maximum absolute atomic E-state index is 5.67. The summed E-state index contributed by atoms with van der Waals surface area (Å²) < 4.78 is 0. The zero-order valence-corrected chi connectivity index (χ0v) is 11.8. The minimum atomic E-state index is 0.276. The number of nitrogens with zero attached hydrogens (tertiary/aromatic N) is 1. The molecule has 94 valence electrons. The van der Waals surface area contributed by atoms with Gasteiger partial charge in [0.2, 0.25) is 0 Å². The summed E-state index contributed by atoms with van der Waals surface area (Å²) in [7, 11) is 0. The average molecular weight is 251 g/mol. The molecule has 1 heterocycles. The third-order valence-corrected chi connectivity index (χ3v) is 3.38. The first-order valence-electron chi connectivity index (χ1n) is 5.80. The van der Waals surface area contributed by atoms with E-state index >= 15 is 0 Å². The number of hydrogen-bond donors (Lipinski definition) is 2. The Morgan fingerprint density at radius 2 is 2.18 bits per heavy atom. The zero-order valence-electron chi connectivity index (χ0n) is 10.9. The fourth-order valence-electron chi connectivity index (χ4n) is 1.32. The van der Waals surface area contributed by atoms with Crippen LogP contribution in [0.2, 0.25) is 0 Å². The fraction of sp³-hybridized carbons (Fsp3) is 0.538. The molecule has 4 heteroatoms. The molecule has 0 spiro atoms. The van der Waals surface area contributed by atoms with Crippen LogP contribution in [-0.4, -0.2) is 16.5 Å². The standard InChI is InChI=1S/C13H21N3S/c1-9(13(2,3)4)7-16-11-8-15-6-5-10(11)12(14)17/h5-6,8-9,16H,7H2,1-4H3,(H2,14,17). The van der Waals surface area contributed by atoms with E-state index < -0.39 is 0 Å². The molecule has 1 aromatic heterocycles. The Morgan fingerprint density at radius 1 is 1.53 bits per heavy atom. The monoisotopic (exact) mass is 251 g/mol. The van der Waals surface area contributed by atoms with Gasteiger partial charge in [0.05, 0.1) is 11.9 Å². The van der Waals surface area contributed by atoms with E-state index in [-0.39, 0.29) is 5.41 Å². The van der Waals surface area contributed by atoms with Crippen LogP contribution in [0.5, 0.6) is 0 Å². The van der Waals surface area contributed by atoms with Gasteiger partial charge in [-0.05, 0) is 17.4 Å². The summed E-state index contributed by atoms with van der Waals surface area (Å²) in [6.07, 6.45) is 3.47. The number of hydrogen-bond acceptors (Lipinski definition) is 3. The molecule has 0 aromatic carbocycles. The van der Waals surface area contributed by atoms with Crippen molar-refractivity contribution in [3.8, 4) is 0 Å². The van der Waals surface area contributed by atoms with Crippen LogP contribution >= 0.6 is 12.2 Å². The molecule has 1 atom stereocenters. The fourth-order valence-corrected chi connectivity index (χ4v) is 1.50. The van der Waals surface area contributed by atoms with Crippen molar-refractivity contribution in [1.29, 1.82) is 0 Å². The topological polar surface area (TPSA) is 50.9 Å². The number of thiocarbonyl (C=S) groups is 1. The van der Waals surface area contributed by atoms with E-state index in [1.165, 1.54) is 0 Å². The number of pyridine rings is 1. The molecule has 3 nitrogen and oxygen atoms in total. The van der Waals surface area contributed by atoms with E-state index in [2.05, 4.69) is 38.0 Å². The van der Waals surface area contributed by atoms with Crippen LogP contribution in [-0.2, 0) is 0 Å². The van der Waals surface area contributed by atoms with Crippen molar-refractivity contribution in [2.75, 3.05) is 11.9 Å². The highest BCUT2D eigenvalue weighted by Gasteiger charge is 2.19. The highest BCUT2D eigenvalue weighted by Crippen LogP contribution is 2.25. The molecule has 0 radical (unpaired) electrons. The molecule has 3 N–H and O–H groups in total. The summed E-state index contributed by atoms with van der Waals surface area (Å²) in [5.41, 5.74) is 7.72. The van der Waals surface area contributed by atoms with Gasteiger partial charge >= 0.3 is 0 Å². The van der Waals surface area contributed by atoms with Crippen molar-refractivity contribution in [2.45, 2.75) is 27.7 Å². The van der Waals surface area contributed by atoms with E-state index in [1.54, 1.807) is 12.4 Å². The molecule has 1 aromatic rings. The molecule has 17 heavy (non-hydrogen) atoms. The van der Waals surface area contributed by atoms with Crippen LogP contribution in [0.1, 0.15) is 33.3 Å². The van der Waals surface area contributed by atoms with Crippen molar-refractivity contribution in [1.82, 2.24) is 4.98 Å². The van der Waals surface area contributed by atoms with Crippen LogP contribution in [0, 0.1) is 11.3 Å². The Balaban J connectivity index is 2.73. The van der Waals surface area contributed by atoms with Crippen LogP contribution in [0.3, 0.4) is 0 Å². The molecular weight excluding hydrogens is 230 g/mol. The van der Waals surface area contributed by atoms with Gasteiger partial charge < -0.3 is 11.1 Å². The molecule has 0 saturated heterocycles. The maximum atomic E-state index is 5.67. The molecule has 0 fully saturated rings. The second-order valence-electron chi connectivity index (χ2n) is 5.43. The maximum Gasteiger partial charge on any atom is 0.106 e. The third kappa shape index (κ3) is 3.97. The Morgan fingerprint density at radius 3 is 2.71 bits per heavy atom. The largest absolute Gasteiger partial charge is 0.389 e. The Labute approximate surface area is 109 Å². The lowest BCUT2D eigenvalue weighted by Crippen LogP contribution is -2.25. The predicted molar refractivity (Wildman–Crippen MR) is 77.2 cm³/mol. The predicted octanol–water partition coefficient (Wildman–Crippen LogP) is 2.81. The first-order chi connectivity index (χ1) is 7.82. The number of aromatic nitrogens is 1. The first kappa shape index (κ1) is 13.9. The normalized spacial score (nSPS) is 13.2. The quantitative estimate of drug-likeness (QED) is 0.808. The van der Waals surface area contributed by atoms with Gasteiger partial charge in [-0.15, -0.1) is 0 Å². The lowest BCUT2D eigenvalue weighted by atomic mass is 9.82. The van der Waals surface area contributed by atoms with E-state index in [9.17, 15) is 0 Å². The van der Waals surface area contributed by atoms with Crippen molar-refractivity contribution in [2.24, 2.45) is 17.1 Å². The summed E-state index contributed by atoms with van der Waals surface area (Å²) in [6.45, 7) is 9.81. The van der Waals surface area contributed by atoms with Gasteiger partial charge in [0.15, 0.2) is 0 Å². The van der Waals surface area contributed by atoms with E-state index in [4.69, 9.17) is 18.0 Å². The molecular formula is C13H21N3S. The van der Waals surface area contributed by atoms with E-state index in [0.717, 1.165) is 17.8 Å². The number of anilines is 1. The molecule has 1 unspecified atom stereocenters. The van der Waals surface area contributed by atoms with Crippen LogP contribution in [0.25, 0.3) is 0 Å². The summed E-state index contributed by atoms with van der Waals surface area (Å²) in [5.74, 6) is 0.543. The SMILES string of the molecule is CC(CNc1cnccc1C(N)=S)C(C)(C)C. The molecule has 1 rings (SSSR count). The Bertz CT molecular complexity index is 396. The number of nitrogens with one attached hydrogen (secondary N) is 1. The second-order valence-corrected chi connectivity index (χ2v) is 5.87. The van der Waals surface area contributed by atoms with Gasteiger partial charge in [-0.25, -0.2) is 0 Å². The van der Waals surface area contributed by atoms with E-state index in [1.807, 2.05) is 6.07 Å². The summed E-state index contributed by atoms with van der Waals surface area (Å²) >= 11 is 5.01. The first-order valence-corrected chi connectivity index (χ1v) is 6.21. The van der Waals surface area contributed by atoms with E-state index in [0.29, 0.717) is 10.9 Å². The zero-order chi connectivity index (χ0) is 13.1. The van der Waals surface area contributed by atoms with Crippen molar-refractivity contribution < 1.29 is 0 Å². The Kier molecular flexibility index (Phi) is 4.46. The van der Waals surface area contributed by atoms with Gasteiger partial charge in [-0.1, -0.05) is 39.9 Å². The van der Waals surface area contributed by atoms with Crippen LogP contribution < -0.4 is 11.1 Å². The van der Waals surface area contributed by atoms with Crippen molar-refractivity contribution in [3.63, 3.8) is 0 Å². The highest BCUT2D eigenvalue weighted by molar-refractivity contribution is 7.80. The smallest absolute Gasteiger partial charge is 0.106 e. The van der Waals surface area contributed by atoms with Gasteiger partial charge in [-0.3, -0.25) is 4.98 Å². The lowest BCUT2D eigenvalue weighted by molar-refractivity contribution is 0.274. The summed E-state index contributed by atoms with van der Waals surface area (Å²) in [5, 5.41) is 3.37. The van der Waals surface area contributed by atoms with Gasteiger partial charge in [-0.2, -0.15) is 0 Å². The van der Waals surface area contributed by atoms with Crippen molar-refractivity contribution in [3.05, 3.63) is 24.0 Å². The minimum Gasteiger partial charge on any atom is -0.389 e. The Hall–Kier alpha value is -1.16. The van der Waals surface area contributed by atoms with Crippen LogP contribution in [0.15, 0.2) is 18.5 Å². The second kappa shape index (κ2) is 5.45. The van der Waals surface area contributed by atoms with Crippen molar-refractivity contribution >= 4 is 22.9 Å². The molecule has 0 aliphatic carbocycles. The van der Waals surface area contributed by atoms with Gasteiger partial charge in [0.25, 0.3) is 0 Å². The molecule has 0 amide bonds. The third-order valence-electron chi connectivity index (χ3n) is 3.16. The molecule has 0 bridgehead atoms. The molecule has 0 aliphatic heterocycles. The molecule has 0 saturated carbocycles.